The molecule has 1 saturated heterocycles. The highest BCUT2D eigenvalue weighted by Crippen LogP contribution is 2.17. The molecule has 0 bridgehead atoms. The zero-order chi connectivity index (χ0) is 17.6. The van der Waals surface area contributed by atoms with Gasteiger partial charge in [-0.2, -0.15) is 5.10 Å². The summed E-state index contributed by atoms with van der Waals surface area (Å²) in [5.41, 5.74) is -0.814. The number of nitrogens with zero attached hydrogens (tertiary/aromatic N) is 2. The van der Waals surface area contributed by atoms with E-state index in [1.54, 1.807) is 11.0 Å². The molecule has 0 unspecified atom stereocenters. The maximum absolute atomic E-state index is 13.0. The van der Waals surface area contributed by atoms with Crippen LogP contribution in [0.3, 0.4) is 0 Å². The largest absolute Gasteiger partial charge is 0.378 e. The van der Waals surface area contributed by atoms with Crippen molar-refractivity contribution in [2.45, 2.75) is 0 Å². The van der Waals surface area contributed by atoms with Gasteiger partial charge in [-0.25, -0.2) is 0 Å². The second kappa shape index (κ2) is 5.98. The Hall–Kier alpha value is -2.71. The van der Waals surface area contributed by atoms with Crippen LogP contribution < -0.4 is 11.0 Å². The average Bonchev–Trinajstić information content (AvgIpc) is 3.03. The second-order valence-corrected chi connectivity index (χ2v) is 6.14. The third-order valence-corrected chi connectivity index (χ3v) is 4.43. The highest BCUT2D eigenvalue weighted by atomic mass is 35.5. The van der Waals surface area contributed by atoms with E-state index in [1.165, 1.54) is 12.1 Å². The molecular formula is C16H13ClN4O4. The Morgan fingerprint density at radius 3 is 2.76 bits per heavy atom. The van der Waals surface area contributed by atoms with Gasteiger partial charge in [0.05, 0.1) is 24.1 Å². The lowest BCUT2D eigenvalue weighted by Gasteiger charge is -2.26. The van der Waals surface area contributed by atoms with E-state index in [1.807, 2.05) is 0 Å². The van der Waals surface area contributed by atoms with E-state index < -0.39 is 11.0 Å². The number of morpholine rings is 1. The minimum Gasteiger partial charge on any atom is -0.378 e. The van der Waals surface area contributed by atoms with Gasteiger partial charge < -0.3 is 14.6 Å². The van der Waals surface area contributed by atoms with Crippen molar-refractivity contribution in [3.05, 3.63) is 49.5 Å². The number of carbonyl (C=O) groups excluding carboxylic acids is 1. The first kappa shape index (κ1) is 15.8. The molecule has 2 aromatic heterocycles. The van der Waals surface area contributed by atoms with Crippen molar-refractivity contribution in [3.8, 4) is 0 Å². The average molecular weight is 361 g/mol. The molecule has 1 amide bonds. The topological polar surface area (TPSA) is 108 Å². The Morgan fingerprint density at radius 2 is 2.00 bits per heavy atom. The number of hydrogen-bond acceptors (Lipinski definition) is 5. The van der Waals surface area contributed by atoms with Crippen LogP contribution in [0.5, 0.6) is 0 Å². The van der Waals surface area contributed by atoms with Crippen LogP contribution >= 0.6 is 11.6 Å². The standard InChI is InChI=1S/C16H13ClN4O4/c17-8-1-2-9-10(7-8)18-15(23)12-11(14(9)22)13(20-19-12)16(24)21-3-5-25-6-4-21/h1-2,7H,3-6H2,(H,18,23)(H,19,20). The molecule has 128 valence electrons. The Balaban J connectivity index is 2.02. The fraction of sp³-hybridized carbons (Fsp3) is 0.250. The number of nitrogens with one attached hydrogen (secondary N) is 2. The fourth-order valence-corrected chi connectivity index (χ4v) is 3.11. The van der Waals surface area contributed by atoms with E-state index in [2.05, 4.69) is 15.2 Å². The molecular weight excluding hydrogens is 348 g/mol. The summed E-state index contributed by atoms with van der Waals surface area (Å²) in [4.78, 5) is 42.3. The predicted molar refractivity (Wildman–Crippen MR) is 92.2 cm³/mol. The first-order valence-corrected chi connectivity index (χ1v) is 8.05. The highest BCUT2D eigenvalue weighted by molar-refractivity contribution is 6.31. The van der Waals surface area contributed by atoms with Gasteiger partial charge in [0.1, 0.15) is 5.69 Å². The number of aromatic nitrogens is 3. The number of H-pyrrole nitrogens is 2. The summed E-state index contributed by atoms with van der Waals surface area (Å²) in [6, 6.07) is 4.57. The van der Waals surface area contributed by atoms with E-state index >= 15 is 0 Å². The van der Waals surface area contributed by atoms with Crippen molar-refractivity contribution in [2.24, 2.45) is 0 Å². The molecule has 1 aromatic carbocycles. The predicted octanol–water partition coefficient (Wildman–Crippen LogP) is 0.890. The first-order valence-electron chi connectivity index (χ1n) is 7.67. The quantitative estimate of drug-likeness (QED) is 0.670. The van der Waals surface area contributed by atoms with Crippen molar-refractivity contribution < 1.29 is 9.53 Å². The van der Waals surface area contributed by atoms with Gasteiger partial charge in [-0.05, 0) is 18.2 Å². The summed E-state index contributed by atoms with van der Waals surface area (Å²) < 4.78 is 5.23. The Bertz CT molecular complexity index is 1110. The van der Waals surface area contributed by atoms with Gasteiger partial charge >= 0.3 is 0 Å². The van der Waals surface area contributed by atoms with Crippen molar-refractivity contribution in [3.63, 3.8) is 0 Å². The minimum atomic E-state index is -0.568. The number of hydrogen-bond donors (Lipinski definition) is 2. The zero-order valence-electron chi connectivity index (χ0n) is 13.0. The molecule has 3 aromatic rings. The Morgan fingerprint density at radius 1 is 1.24 bits per heavy atom. The molecule has 0 saturated carbocycles. The number of benzene rings is 1. The third kappa shape index (κ3) is 2.59. The molecule has 4 rings (SSSR count). The number of halogens is 1. The maximum Gasteiger partial charge on any atom is 0.276 e. The third-order valence-electron chi connectivity index (χ3n) is 4.20. The van der Waals surface area contributed by atoms with E-state index in [0.717, 1.165) is 0 Å². The van der Waals surface area contributed by atoms with Gasteiger partial charge in [0.25, 0.3) is 11.5 Å². The van der Waals surface area contributed by atoms with Gasteiger partial charge in [-0.15, -0.1) is 0 Å². The summed E-state index contributed by atoms with van der Waals surface area (Å²) >= 11 is 5.94. The van der Waals surface area contributed by atoms with Crippen molar-refractivity contribution >= 4 is 39.3 Å². The summed E-state index contributed by atoms with van der Waals surface area (Å²) in [5, 5.41) is 7.08. The molecule has 1 aliphatic rings. The Kier molecular flexibility index (Phi) is 3.78. The second-order valence-electron chi connectivity index (χ2n) is 5.70. The highest BCUT2D eigenvalue weighted by Gasteiger charge is 2.25. The summed E-state index contributed by atoms with van der Waals surface area (Å²) in [6.45, 7) is 1.69. The van der Waals surface area contributed by atoms with E-state index in [4.69, 9.17) is 16.3 Å². The van der Waals surface area contributed by atoms with E-state index in [9.17, 15) is 14.4 Å². The van der Waals surface area contributed by atoms with Crippen LogP contribution in [-0.2, 0) is 4.74 Å². The monoisotopic (exact) mass is 360 g/mol. The Labute approximate surface area is 145 Å². The molecule has 0 aliphatic carbocycles. The van der Waals surface area contributed by atoms with Gasteiger partial charge in [-0.3, -0.25) is 19.5 Å². The van der Waals surface area contributed by atoms with Crippen LogP contribution in [0.2, 0.25) is 5.02 Å². The molecule has 2 N–H and O–H groups in total. The number of aromatic amines is 2. The SMILES string of the molecule is O=C(c1[nH]nc2c(=O)[nH]c3cc(Cl)ccc3c(=O)c12)N1CCOCC1. The zero-order valence-corrected chi connectivity index (χ0v) is 13.7. The van der Waals surface area contributed by atoms with Crippen molar-refractivity contribution in [2.75, 3.05) is 26.3 Å². The van der Waals surface area contributed by atoms with Crippen molar-refractivity contribution in [1.82, 2.24) is 20.1 Å². The number of rotatable bonds is 1. The first-order chi connectivity index (χ1) is 12.1. The molecule has 8 nitrogen and oxygen atoms in total. The molecule has 0 spiro atoms. The lowest BCUT2D eigenvalue weighted by molar-refractivity contribution is 0.0300. The van der Waals surface area contributed by atoms with Crippen LogP contribution in [0.15, 0.2) is 27.8 Å². The van der Waals surface area contributed by atoms with E-state index in [-0.39, 0.29) is 27.9 Å². The molecule has 0 atom stereocenters. The molecule has 25 heavy (non-hydrogen) atoms. The van der Waals surface area contributed by atoms with Crippen LogP contribution in [0.4, 0.5) is 0 Å². The van der Waals surface area contributed by atoms with Gasteiger partial charge in [0.2, 0.25) is 0 Å². The van der Waals surface area contributed by atoms with Crippen molar-refractivity contribution in [1.29, 1.82) is 0 Å². The summed E-state index contributed by atoms with van der Waals surface area (Å²) in [6.07, 6.45) is 0. The lowest BCUT2D eigenvalue weighted by Crippen LogP contribution is -2.41. The number of ether oxygens (including phenoxy) is 1. The lowest BCUT2D eigenvalue weighted by atomic mass is 10.1. The van der Waals surface area contributed by atoms with Gasteiger partial charge in [-0.1, -0.05) is 11.6 Å². The number of fused-ring (bicyclic) bond motifs is 2. The summed E-state index contributed by atoms with van der Waals surface area (Å²) in [5.74, 6) is -0.379. The summed E-state index contributed by atoms with van der Waals surface area (Å²) in [7, 11) is 0. The maximum atomic E-state index is 13.0. The smallest absolute Gasteiger partial charge is 0.276 e. The fourth-order valence-electron chi connectivity index (χ4n) is 2.94. The molecule has 1 fully saturated rings. The molecule has 3 heterocycles. The molecule has 9 heteroatoms. The molecule has 1 aliphatic heterocycles. The van der Waals surface area contributed by atoms with Crippen LogP contribution in [0, 0.1) is 0 Å². The normalized spacial score (nSPS) is 15.0. The molecule has 0 radical (unpaired) electrons. The van der Waals surface area contributed by atoms with Gasteiger partial charge in [0, 0.05) is 23.5 Å². The van der Waals surface area contributed by atoms with E-state index in [0.29, 0.717) is 36.8 Å². The number of carbonyl (C=O) groups is 1. The van der Waals surface area contributed by atoms with Gasteiger partial charge in [0.15, 0.2) is 10.9 Å². The number of amides is 1. The van der Waals surface area contributed by atoms with Crippen LogP contribution in [-0.4, -0.2) is 52.3 Å². The van der Waals surface area contributed by atoms with Crippen LogP contribution in [0.25, 0.3) is 21.8 Å². The minimum absolute atomic E-state index is 0.0138. The van der Waals surface area contributed by atoms with Crippen LogP contribution in [0.1, 0.15) is 10.5 Å².